The van der Waals surface area contributed by atoms with Crippen molar-refractivity contribution in [3.63, 3.8) is 0 Å². The maximum absolute atomic E-state index is 12.3. The van der Waals surface area contributed by atoms with Crippen molar-refractivity contribution in [1.82, 2.24) is 15.2 Å². The number of carbonyl (C=O) groups excluding carboxylic acids is 1. The number of hydrogen-bond acceptors (Lipinski definition) is 3. The Hall–Kier alpha value is -3.36. The predicted molar refractivity (Wildman–Crippen MR) is 118 cm³/mol. The number of nitrogens with zero attached hydrogens (tertiary/aromatic N) is 2. The second-order valence-electron chi connectivity index (χ2n) is 8.35. The Morgan fingerprint density at radius 3 is 3.07 bits per heavy atom. The van der Waals surface area contributed by atoms with Crippen molar-refractivity contribution in [2.45, 2.75) is 25.4 Å². The van der Waals surface area contributed by atoms with E-state index in [1.54, 1.807) is 6.08 Å². The second-order valence-corrected chi connectivity index (χ2v) is 8.35. The molecule has 30 heavy (non-hydrogen) atoms. The third kappa shape index (κ3) is 4.00. The minimum atomic E-state index is -0.0284. The van der Waals surface area contributed by atoms with E-state index in [1.165, 1.54) is 11.1 Å². The molecular formula is C25H24N4O. The van der Waals surface area contributed by atoms with Crippen molar-refractivity contribution >= 4 is 22.9 Å². The van der Waals surface area contributed by atoms with Crippen LogP contribution in [0.3, 0.4) is 0 Å². The van der Waals surface area contributed by atoms with Crippen LogP contribution in [0.2, 0.25) is 0 Å². The van der Waals surface area contributed by atoms with Crippen LogP contribution < -0.4 is 5.32 Å². The van der Waals surface area contributed by atoms with Crippen LogP contribution in [0.15, 0.2) is 54.7 Å². The van der Waals surface area contributed by atoms with Crippen molar-refractivity contribution in [3.8, 4) is 6.07 Å². The summed E-state index contributed by atoms with van der Waals surface area (Å²) in [4.78, 5) is 17.9. The monoisotopic (exact) mass is 396 g/mol. The van der Waals surface area contributed by atoms with Crippen LogP contribution in [-0.2, 0) is 17.8 Å². The van der Waals surface area contributed by atoms with Gasteiger partial charge in [0.15, 0.2) is 0 Å². The summed E-state index contributed by atoms with van der Waals surface area (Å²) in [7, 11) is 0. The van der Waals surface area contributed by atoms with Crippen LogP contribution in [-0.4, -0.2) is 34.9 Å². The molecule has 1 aromatic heterocycles. The lowest BCUT2D eigenvalue weighted by Gasteiger charge is -2.29. The molecule has 1 saturated carbocycles. The summed E-state index contributed by atoms with van der Waals surface area (Å²) in [6.45, 7) is 2.93. The van der Waals surface area contributed by atoms with E-state index < -0.39 is 0 Å². The van der Waals surface area contributed by atoms with Crippen LogP contribution in [0.25, 0.3) is 17.0 Å². The maximum Gasteiger partial charge on any atom is 0.244 e. The molecule has 1 amide bonds. The van der Waals surface area contributed by atoms with Gasteiger partial charge in [-0.1, -0.05) is 12.1 Å². The Morgan fingerprint density at radius 2 is 2.17 bits per heavy atom. The number of aromatic nitrogens is 1. The minimum absolute atomic E-state index is 0.0284. The van der Waals surface area contributed by atoms with Gasteiger partial charge in [-0.25, -0.2) is 0 Å². The SMILES string of the molecule is N#Cc1ccc2c(c1)CN(CC1CC1NC(=O)/C=C/c1ccc3[nH]ccc3c1)CC2. The van der Waals surface area contributed by atoms with Gasteiger partial charge in [0, 0.05) is 43.5 Å². The Balaban J connectivity index is 1.12. The van der Waals surface area contributed by atoms with E-state index in [-0.39, 0.29) is 11.9 Å². The van der Waals surface area contributed by atoms with Crippen LogP contribution in [0.4, 0.5) is 0 Å². The Kier molecular flexibility index (Phi) is 4.86. The normalized spacial score (nSPS) is 20.8. The zero-order valence-electron chi connectivity index (χ0n) is 16.8. The number of rotatable bonds is 5. The lowest BCUT2D eigenvalue weighted by Crippen LogP contribution is -2.34. The van der Waals surface area contributed by atoms with Crippen molar-refractivity contribution < 1.29 is 4.79 Å². The summed E-state index contributed by atoms with van der Waals surface area (Å²) in [5.41, 5.74) is 5.47. The zero-order valence-corrected chi connectivity index (χ0v) is 16.8. The largest absolute Gasteiger partial charge is 0.361 e. The molecule has 5 heteroatoms. The molecule has 1 fully saturated rings. The molecule has 0 radical (unpaired) electrons. The van der Waals surface area contributed by atoms with Gasteiger partial charge in [0.2, 0.25) is 5.91 Å². The summed E-state index contributed by atoms with van der Waals surface area (Å²) >= 11 is 0. The number of carbonyl (C=O) groups is 1. The highest BCUT2D eigenvalue weighted by atomic mass is 16.1. The average Bonchev–Trinajstić information content (AvgIpc) is 3.30. The highest BCUT2D eigenvalue weighted by molar-refractivity contribution is 5.93. The number of aromatic amines is 1. The van der Waals surface area contributed by atoms with Crippen LogP contribution in [0.1, 0.15) is 28.7 Å². The molecule has 2 heterocycles. The number of nitrogens with one attached hydrogen (secondary N) is 2. The number of benzene rings is 2. The van der Waals surface area contributed by atoms with Gasteiger partial charge in [0.25, 0.3) is 0 Å². The topological polar surface area (TPSA) is 71.9 Å². The first-order valence-electron chi connectivity index (χ1n) is 10.5. The molecule has 0 spiro atoms. The Labute approximate surface area is 176 Å². The first kappa shape index (κ1) is 18.7. The first-order valence-corrected chi connectivity index (χ1v) is 10.5. The molecule has 1 aliphatic carbocycles. The molecule has 2 aromatic carbocycles. The Morgan fingerprint density at radius 1 is 1.23 bits per heavy atom. The third-order valence-electron chi connectivity index (χ3n) is 6.17. The lowest BCUT2D eigenvalue weighted by molar-refractivity contribution is -0.116. The van der Waals surface area contributed by atoms with E-state index in [4.69, 9.17) is 5.26 Å². The van der Waals surface area contributed by atoms with Gasteiger partial charge in [-0.05, 0) is 77.2 Å². The van der Waals surface area contributed by atoms with E-state index in [2.05, 4.69) is 33.4 Å². The number of fused-ring (bicyclic) bond motifs is 2. The standard InChI is InChI=1S/C25H24N4O/c26-14-18-1-4-19-8-10-29(15-21(19)12-18)16-22-13-24(22)28-25(30)6-3-17-2-5-23-20(11-17)7-9-27-23/h1-7,9,11-12,22,24,27H,8,10,13,15-16H2,(H,28,30)/b6-3+. The molecule has 2 unspecified atom stereocenters. The molecule has 0 saturated heterocycles. The van der Waals surface area contributed by atoms with E-state index in [1.807, 2.05) is 42.6 Å². The molecular weight excluding hydrogens is 372 g/mol. The van der Waals surface area contributed by atoms with Crippen molar-refractivity contribution in [2.24, 2.45) is 5.92 Å². The molecule has 3 aromatic rings. The molecule has 2 aliphatic rings. The van der Waals surface area contributed by atoms with Crippen LogP contribution in [0.5, 0.6) is 0 Å². The Bertz CT molecular complexity index is 1170. The van der Waals surface area contributed by atoms with Gasteiger partial charge >= 0.3 is 0 Å². The fourth-order valence-electron chi connectivity index (χ4n) is 4.38. The van der Waals surface area contributed by atoms with Crippen molar-refractivity contribution in [2.75, 3.05) is 13.1 Å². The number of nitriles is 1. The van der Waals surface area contributed by atoms with Gasteiger partial charge in [-0.15, -0.1) is 0 Å². The summed E-state index contributed by atoms with van der Waals surface area (Å²) in [5.74, 6) is 0.485. The fourth-order valence-corrected chi connectivity index (χ4v) is 4.38. The van der Waals surface area contributed by atoms with Crippen LogP contribution in [0, 0.1) is 17.2 Å². The van der Waals surface area contributed by atoms with E-state index in [9.17, 15) is 4.79 Å². The molecule has 1 aliphatic heterocycles. The minimum Gasteiger partial charge on any atom is -0.361 e. The fraction of sp³-hybridized carbons (Fsp3) is 0.280. The van der Waals surface area contributed by atoms with E-state index >= 15 is 0 Å². The number of amides is 1. The molecule has 5 rings (SSSR count). The third-order valence-corrected chi connectivity index (χ3v) is 6.17. The number of hydrogen-bond donors (Lipinski definition) is 2. The second kappa shape index (κ2) is 7.81. The summed E-state index contributed by atoms with van der Waals surface area (Å²) in [6.07, 6.45) is 7.48. The lowest BCUT2D eigenvalue weighted by atomic mass is 9.97. The van der Waals surface area contributed by atoms with Gasteiger partial charge < -0.3 is 10.3 Å². The van der Waals surface area contributed by atoms with E-state index in [0.29, 0.717) is 5.92 Å². The van der Waals surface area contributed by atoms with Gasteiger partial charge in [0.05, 0.1) is 11.6 Å². The molecule has 5 nitrogen and oxygen atoms in total. The molecule has 2 atom stereocenters. The molecule has 2 N–H and O–H groups in total. The van der Waals surface area contributed by atoms with Crippen molar-refractivity contribution in [1.29, 1.82) is 5.26 Å². The first-order chi connectivity index (χ1) is 14.7. The highest BCUT2D eigenvalue weighted by Crippen LogP contribution is 2.33. The predicted octanol–water partition coefficient (Wildman–Crippen LogP) is 3.62. The van der Waals surface area contributed by atoms with Crippen molar-refractivity contribution in [3.05, 3.63) is 77.0 Å². The number of H-pyrrole nitrogens is 1. The van der Waals surface area contributed by atoms with Gasteiger partial charge in [-0.3, -0.25) is 9.69 Å². The summed E-state index contributed by atoms with van der Waals surface area (Å²) in [5, 5.41) is 13.4. The molecule has 150 valence electrons. The molecule has 0 bridgehead atoms. The van der Waals surface area contributed by atoms with Gasteiger partial charge in [-0.2, -0.15) is 5.26 Å². The summed E-state index contributed by atoms with van der Waals surface area (Å²) in [6, 6.07) is 16.6. The smallest absolute Gasteiger partial charge is 0.244 e. The average molecular weight is 396 g/mol. The summed E-state index contributed by atoms with van der Waals surface area (Å²) < 4.78 is 0. The quantitative estimate of drug-likeness (QED) is 0.647. The zero-order chi connectivity index (χ0) is 20.5. The van der Waals surface area contributed by atoms with E-state index in [0.717, 1.165) is 54.5 Å². The van der Waals surface area contributed by atoms with Gasteiger partial charge in [0.1, 0.15) is 0 Å². The highest BCUT2D eigenvalue weighted by Gasteiger charge is 2.39. The maximum atomic E-state index is 12.3. The van der Waals surface area contributed by atoms with Crippen LogP contribution >= 0.6 is 0 Å².